The number of hydrogen-bond acceptors (Lipinski definition) is 3. The summed E-state index contributed by atoms with van der Waals surface area (Å²) in [4.78, 5) is 12.7. The first kappa shape index (κ1) is 17.9. The smallest absolute Gasteiger partial charge is 0.251 e. The van der Waals surface area contributed by atoms with E-state index < -0.39 is 10.0 Å². The van der Waals surface area contributed by atoms with E-state index in [1.807, 2.05) is 6.92 Å². The summed E-state index contributed by atoms with van der Waals surface area (Å²) in [7, 11) is -2.21. The minimum atomic E-state index is -3.58. The van der Waals surface area contributed by atoms with Gasteiger partial charge >= 0.3 is 0 Å². The molecule has 2 rings (SSSR count). The van der Waals surface area contributed by atoms with E-state index in [0.717, 1.165) is 24.8 Å². The summed E-state index contributed by atoms with van der Waals surface area (Å²) in [5.74, 6) is 0.263. The van der Waals surface area contributed by atoms with Crippen LogP contribution in [-0.4, -0.2) is 27.4 Å². The van der Waals surface area contributed by atoms with E-state index in [9.17, 15) is 13.2 Å². The maximum Gasteiger partial charge on any atom is 0.251 e. The zero-order chi connectivity index (χ0) is 17.2. The molecule has 2 N–H and O–H groups in total. The fraction of sp³-hybridized carbons (Fsp3) is 0.588. The van der Waals surface area contributed by atoms with Crippen LogP contribution in [0.5, 0.6) is 0 Å². The molecule has 0 bridgehead atoms. The van der Waals surface area contributed by atoms with Gasteiger partial charge in [-0.2, -0.15) is 0 Å². The lowest BCUT2D eigenvalue weighted by Crippen LogP contribution is -2.41. The molecule has 1 saturated carbocycles. The number of hydrogen-bond donors (Lipinski definition) is 2. The second-order valence-electron chi connectivity index (χ2n) is 6.47. The molecule has 128 valence electrons. The molecule has 0 spiro atoms. The quantitative estimate of drug-likeness (QED) is 0.886. The van der Waals surface area contributed by atoms with Gasteiger partial charge in [-0.15, -0.1) is 0 Å². The maximum atomic E-state index is 12.6. The lowest BCUT2D eigenvalue weighted by molar-refractivity contribution is 0.0910. The number of amides is 1. The van der Waals surface area contributed by atoms with Crippen LogP contribution in [0.3, 0.4) is 0 Å². The molecule has 0 radical (unpaired) electrons. The summed E-state index contributed by atoms with van der Waals surface area (Å²) in [6.07, 6.45) is 4.44. The standard InChI is InChI=1S/C17H26N2O3S/c1-11-7-5-6-8-15(11)19-17(20)14-9-12(2)13(3)16(10-14)23(21,22)18-4/h9-11,15,18H,5-8H2,1-4H3,(H,19,20). The number of rotatable bonds is 4. The van der Waals surface area contributed by atoms with Crippen LogP contribution in [0.2, 0.25) is 0 Å². The highest BCUT2D eigenvalue weighted by Gasteiger charge is 2.25. The highest BCUT2D eigenvalue weighted by atomic mass is 32.2. The molecule has 1 amide bonds. The largest absolute Gasteiger partial charge is 0.349 e. The van der Waals surface area contributed by atoms with Crippen molar-refractivity contribution in [2.45, 2.75) is 57.4 Å². The average molecular weight is 338 g/mol. The molecule has 23 heavy (non-hydrogen) atoms. The van der Waals surface area contributed by atoms with Gasteiger partial charge in [0.2, 0.25) is 10.0 Å². The molecule has 1 fully saturated rings. The molecule has 1 aromatic rings. The third kappa shape index (κ3) is 3.93. The Morgan fingerprint density at radius 2 is 1.83 bits per heavy atom. The van der Waals surface area contributed by atoms with Gasteiger partial charge in [-0.1, -0.05) is 19.8 Å². The van der Waals surface area contributed by atoms with E-state index in [2.05, 4.69) is 17.0 Å². The topological polar surface area (TPSA) is 75.3 Å². The van der Waals surface area contributed by atoms with E-state index >= 15 is 0 Å². The summed E-state index contributed by atoms with van der Waals surface area (Å²) in [5.41, 5.74) is 1.87. The molecule has 0 aliphatic heterocycles. The van der Waals surface area contributed by atoms with Gasteiger partial charge < -0.3 is 5.32 Å². The van der Waals surface area contributed by atoms with E-state index in [1.165, 1.54) is 19.5 Å². The highest BCUT2D eigenvalue weighted by Crippen LogP contribution is 2.25. The zero-order valence-electron chi connectivity index (χ0n) is 14.3. The van der Waals surface area contributed by atoms with Crippen molar-refractivity contribution in [3.8, 4) is 0 Å². The van der Waals surface area contributed by atoms with E-state index in [4.69, 9.17) is 0 Å². The van der Waals surface area contributed by atoms with Crippen LogP contribution in [-0.2, 0) is 10.0 Å². The van der Waals surface area contributed by atoms with Crippen LogP contribution >= 0.6 is 0 Å². The molecule has 0 heterocycles. The molecule has 6 heteroatoms. The third-order valence-corrected chi connectivity index (χ3v) is 6.41. The first-order valence-electron chi connectivity index (χ1n) is 8.12. The van der Waals surface area contributed by atoms with Gasteiger partial charge in [0.05, 0.1) is 4.90 Å². The Hall–Kier alpha value is -1.40. The monoisotopic (exact) mass is 338 g/mol. The lowest BCUT2D eigenvalue weighted by atomic mass is 9.86. The summed E-state index contributed by atoms with van der Waals surface area (Å²) < 4.78 is 26.6. The summed E-state index contributed by atoms with van der Waals surface area (Å²) in [6, 6.07) is 3.39. The first-order valence-corrected chi connectivity index (χ1v) is 9.60. The average Bonchev–Trinajstić information content (AvgIpc) is 2.51. The van der Waals surface area contributed by atoms with Crippen molar-refractivity contribution in [1.82, 2.24) is 10.0 Å². The summed E-state index contributed by atoms with van der Waals surface area (Å²) in [6.45, 7) is 5.73. The predicted octanol–water partition coefficient (Wildman–Crippen LogP) is 2.52. The lowest BCUT2D eigenvalue weighted by Gasteiger charge is -2.29. The SMILES string of the molecule is CNS(=O)(=O)c1cc(C(=O)NC2CCCCC2C)cc(C)c1C. The van der Waals surface area contributed by atoms with Crippen LogP contribution in [0.1, 0.15) is 54.1 Å². The minimum absolute atomic E-state index is 0.168. The second kappa shape index (κ2) is 7.01. The maximum absolute atomic E-state index is 12.6. The Kier molecular flexibility index (Phi) is 5.47. The summed E-state index contributed by atoms with van der Waals surface area (Å²) >= 11 is 0. The van der Waals surface area contributed by atoms with Crippen molar-refractivity contribution >= 4 is 15.9 Å². The van der Waals surface area contributed by atoms with Gasteiger partial charge in [-0.05, 0) is 62.9 Å². The molecule has 0 saturated heterocycles. The number of benzene rings is 1. The second-order valence-corrected chi connectivity index (χ2v) is 8.32. The fourth-order valence-electron chi connectivity index (χ4n) is 3.13. The van der Waals surface area contributed by atoms with Gasteiger partial charge in [-0.25, -0.2) is 13.1 Å². The van der Waals surface area contributed by atoms with Crippen molar-refractivity contribution in [1.29, 1.82) is 0 Å². The highest BCUT2D eigenvalue weighted by molar-refractivity contribution is 7.89. The van der Waals surface area contributed by atoms with Crippen LogP contribution in [0.4, 0.5) is 0 Å². The number of carbonyl (C=O) groups excluding carboxylic acids is 1. The minimum Gasteiger partial charge on any atom is -0.349 e. The van der Waals surface area contributed by atoms with Crippen LogP contribution in [0, 0.1) is 19.8 Å². The van der Waals surface area contributed by atoms with Crippen molar-refractivity contribution in [3.05, 3.63) is 28.8 Å². The number of nitrogens with one attached hydrogen (secondary N) is 2. The molecule has 5 nitrogen and oxygen atoms in total. The first-order chi connectivity index (χ1) is 10.8. The van der Waals surface area contributed by atoms with Gasteiger partial charge in [0.1, 0.15) is 0 Å². The van der Waals surface area contributed by atoms with E-state index in [1.54, 1.807) is 13.0 Å². The van der Waals surface area contributed by atoms with Gasteiger partial charge in [0.15, 0.2) is 0 Å². The number of aryl methyl sites for hydroxylation is 1. The van der Waals surface area contributed by atoms with Crippen LogP contribution in [0.15, 0.2) is 17.0 Å². The molecular weight excluding hydrogens is 312 g/mol. The Morgan fingerprint density at radius 1 is 1.17 bits per heavy atom. The number of sulfonamides is 1. The van der Waals surface area contributed by atoms with E-state index in [0.29, 0.717) is 17.0 Å². The Morgan fingerprint density at radius 3 is 2.43 bits per heavy atom. The Bertz CT molecular complexity index is 698. The van der Waals surface area contributed by atoms with E-state index in [-0.39, 0.29) is 16.8 Å². The van der Waals surface area contributed by atoms with Crippen molar-refractivity contribution in [3.63, 3.8) is 0 Å². The van der Waals surface area contributed by atoms with Gasteiger partial charge in [0, 0.05) is 11.6 Å². The zero-order valence-corrected chi connectivity index (χ0v) is 15.1. The normalized spacial score (nSPS) is 21.9. The molecule has 1 aromatic carbocycles. The molecule has 1 aliphatic rings. The van der Waals surface area contributed by atoms with Gasteiger partial charge in [0.25, 0.3) is 5.91 Å². The Labute approximate surface area is 138 Å². The number of carbonyl (C=O) groups is 1. The molecule has 2 unspecified atom stereocenters. The molecule has 1 aliphatic carbocycles. The van der Waals surface area contributed by atoms with Crippen molar-refractivity contribution in [2.24, 2.45) is 5.92 Å². The van der Waals surface area contributed by atoms with Crippen molar-refractivity contribution in [2.75, 3.05) is 7.05 Å². The van der Waals surface area contributed by atoms with Crippen LogP contribution in [0.25, 0.3) is 0 Å². The van der Waals surface area contributed by atoms with Gasteiger partial charge in [-0.3, -0.25) is 4.79 Å². The summed E-state index contributed by atoms with van der Waals surface area (Å²) in [5, 5.41) is 3.07. The Balaban J connectivity index is 2.30. The third-order valence-electron chi connectivity index (χ3n) is 4.87. The molecule has 0 aromatic heterocycles. The predicted molar refractivity (Wildman–Crippen MR) is 91.0 cm³/mol. The fourth-order valence-corrected chi connectivity index (χ4v) is 4.20. The van der Waals surface area contributed by atoms with Crippen LogP contribution < -0.4 is 10.0 Å². The molecular formula is C17H26N2O3S. The molecule has 2 atom stereocenters. The van der Waals surface area contributed by atoms with Crippen molar-refractivity contribution < 1.29 is 13.2 Å².